The van der Waals surface area contributed by atoms with Crippen molar-refractivity contribution >= 4 is 15.7 Å². The third-order valence-electron chi connectivity index (χ3n) is 3.09. The highest BCUT2D eigenvalue weighted by atomic mass is 32.2. The van der Waals surface area contributed by atoms with Gasteiger partial charge in [0.15, 0.2) is 9.84 Å². The fraction of sp³-hybridized carbons (Fsp3) is 0.700. The summed E-state index contributed by atoms with van der Waals surface area (Å²) in [5.74, 6) is 0.492. The van der Waals surface area contributed by atoms with E-state index in [-0.39, 0.29) is 11.6 Å². The summed E-state index contributed by atoms with van der Waals surface area (Å²) in [5.41, 5.74) is 6.90. The van der Waals surface area contributed by atoms with E-state index in [4.69, 9.17) is 10.3 Å². The Labute approximate surface area is 94.9 Å². The molecule has 2 heterocycles. The molecule has 1 unspecified atom stereocenters. The van der Waals surface area contributed by atoms with Gasteiger partial charge >= 0.3 is 0 Å². The van der Waals surface area contributed by atoms with Crippen molar-refractivity contribution in [2.45, 2.75) is 37.9 Å². The third-order valence-corrected chi connectivity index (χ3v) is 5.27. The third kappa shape index (κ3) is 1.81. The molecule has 1 aliphatic rings. The van der Waals surface area contributed by atoms with Crippen LogP contribution in [-0.2, 0) is 16.3 Å². The second-order valence-electron chi connectivity index (χ2n) is 4.12. The van der Waals surface area contributed by atoms with Gasteiger partial charge in [0.25, 0.3) is 0 Å². The molecule has 1 aliphatic heterocycles. The van der Waals surface area contributed by atoms with Crippen LogP contribution in [0.1, 0.15) is 42.7 Å². The van der Waals surface area contributed by atoms with Crippen LogP contribution in [0.2, 0.25) is 0 Å². The fourth-order valence-electron chi connectivity index (χ4n) is 2.20. The van der Waals surface area contributed by atoms with E-state index in [1.54, 1.807) is 0 Å². The summed E-state index contributed by atoms with van der Waals surface area (Å²) >= 11 is 0. The van der Waals surface area contributed by atoms with Gasteiger partial charge in [-0.25, -0.2) is 8.42 Å². The average molecular weight is 244 g/mol. The van der Waals surface area contributed by atoms with Crippen molar-refractivity contribution in [3.05, 3.63) is 11.3 Å². The van der Waals surface area contributed by atoms with E-state index >= 15 is 0 Å². The molecule has 2 N–H and O–H groups in total. The first-order chi connectivity index (χ1) is 7.56. The van der Waals surface area contributed by atoms with Crippen LogP contribution in [0, 0.1) is 0 Å². The first-order valence-corrected chi connectivity index (χ1v) is 7.23. The second kappa shape index (κ2) is 4.08. The number of aromatic nitrogens is 1. The van der Waals surface area contributed by atoms with Gasteiger partial charge in [-0.3, -0.25) is 0 Å². The normalized spacial score (nSPS) is 24.4. The first kappa shape index (κ1) is 11.4. The van der Waals surface area contributed by atoms with Gasteiger partial charge in [-0.1, -0.05) is 18.5 Å². The van der Waals surface area contributed by atoms with Crippen LogP contribution >= 0.6 is 0 Å². The van der Waals surface area contributed by atoms with Crippen molar-refractivity contribution in [1.82, 2.24) is 5.16 Å². The summed E-state index contributed by atoms with van der Waals surface area (Å²) in [6, 6.07) is 0. The number of sulfone groups is 1. The molecule has 0 radical (unpaired) electrons. The summed E-state index contributed by atoms with van der Waals surface area (Å²) in [4.78, 5) is 0. The van der Waals surface area contributed by atoms with E-state index in [1.807, 2.05) is 6.92 Å². The zero-order valence-electron chi connectivity index (χ0n) is 9.27. The Kier molecular flexibility index (Phi) is 2.92. The van der Waals surface area contributed by atoms with Crippen LogP contribution in [0.3, 0.4) is 0 Å². The van der Waals surface area contributed by atoms with Gasteiger partial charge < -0.3 is 10.3 Å². The Morgan fingerprint density at radius 3 is 2.88 bits per heavy atom. The Balaban J connectivity index is 2.43. The summed E-state index contributed by atoms with van der Waals surface area (Å²) in [6.07, 6.45) is 2.94. The molecule has 1 aromatic heterocycles. The molecular formula is C10H16N2O3S. The van der Waals surface area contributed by atoms with Crippen LogP contribution in [-0.4, -0.2) is 19.3 Å². The molecule has 0 bridgehead atoms. The monoisotopic (exact) mass is 244 g/mol. The van der Waals surface area contributed by atoms with Crippen molar-refractivity contribution in [3.63, 3.8) is 0 Å². The molecule has 1 fully saturated rings. The van der Waals surface area contributed by atoms with E-state index in [0.717, 1.165) is 18.4 Å². The topological polar surface area (TPSA) is 86.2 Å². The molecule has 2 rings (SSSR count). The zero-order chi connectivity index (χ0) is 11.8. The summed E-state index contributed by atoms with van der Waals surface area (Å²) < 4.78 is 28.8. The molecule has 0 amide bonds. The van der Waals surface area contributed by atoms with Crippen LogP contribution < -0.4 is 5.73 Å². The fourth-order valence-corrected chi connectivity index (χ4v) is 4.15. The van der Waals surface area contributed by atoms with Gasteiger partial charge in [0.1, 0.15) is 10.9 Å². The van der Waals surface area contributed by atoms with Gasteiger partial charge in [0, 0.05) is 5.56 Å². The molecule has 1 atom stereocenters. The van der Waals surface area contributed by atoms with E-state index in [9.17, 15) is 8.42 Å². The molecule has 1 saturated heterocycles. The molecule has 5 nitrogen and oxygen atoms in total. The molecule has 6 heteroatoms. The lowest BCUT2D eigenvalue weighted by molar-refractivity contribution is 0.421. The molecular weight excluding hydrogens is 228 g/mol. The first-order valence-electron chi connectivity index (χ1n) is 5.51. The van der Waals surface area contributed by atoms with E-state index in [0.29, 0.717) is 18.5 Å². The number of nitrogens with zero attached hydrogens (tertiary/aromatic N) is 1. The van der Waals surface area contributed by atoms with Crippen molar-refractivity contribution in [2.24, 2.45) is 0 Å². The zero-order valence-corrected chi connectivity index (χ0v) is 10.1. The van der Waals surface area contributed by atoms with Crippen LogP contribution in [0.4, 0.5) is 5.88 Å². The van der Waals surface area contributed by atoms with E-state index < -0.39 is 15.1 Å². The number of hydrogen-bond acceptors (Lipinski definition) is 5. The SMILES string of the molecule is CCc1c(C2CCCCS2(=O)=O)noc1N. The van der Waals surface area contributed by atoms with Crippen molar-refractivity contribution in [3.8, 4) is 0 Å². The number of nitrogens with two attached hydrogens (primary N) is 1. The lowest BCUT2D eigenvalue weighted by Crippen LogP contribution is -2.22. The Morgan fingerprint density at radius 2 is 2.25 bits per heavy atom. The van der Waals surface area contributed by atoms with Gasteiger partial charge in [-0.15, -0.1) is 0 Å². The Bertz CT molecular complexity index is 478. The minimum Gasteiger partial charge on any atom is -0.367 e. The van der Waals surface area contributed by atoms with E-state index in [1.165, 1.54) is 0 Å². The van der Waals surface area contributed by atoms with Gasteiger partial charge in [0.05, 0.1) is 5.75 Å². The molecule has 16 heavy (non-hydrogen) atoms. The highest BCUT2D eigenvalue weighted by Gasteiger charge is 2.34. The highest BCUT2D eigenvalue weighted by Crippen LogP contribution is 2.36. The van der Waals surface area contributed by atoms with Crippen LogP contribution in [0.15, 0.2) is 4.52 Å². The second-order valence-corrected chi connectivity index (χ2v) is 6.42. The lowest BCUT2D eigenvalue weighted by atomic mass is 10.1. The predicted octanol–water partition coefficient (Wildman–Crippen LogP) is 1.46. The number of nitrogen functional groups attached to an aromatic ring is 1. The maximum absolute atomic E-state index is 11.9. The molecule has 1 aromatic rings. The molecule has 0 aromatic carbocycles. The minimum absolute atomic E-state index is 0.244. The maximum Gasteiger partial charge on any atom is 0.225 e. The Morgan fingerprint density at radius 1 is 1.50 bits per heavy atom. The molecule has 0 aliphatic carbocycles. The predicted molar refractivity (Wildman–Crippen MR) is 60.7 cm³/mol. The smallest absolute Gasteiger partial charge is 0.225 e. The largest absolute Gasteiger partial charge is 0.367 e. The van der Waals surface area contributed by atoms with Gasteiger partial charge in [-0.2, -0.15) is 0 Å². The maximum atomic E-state index is 11.9. The Hall–Kier alpha value is -1.04. The molecule has 0 spiro atoms. The van der Waals surface area contributed by atoms with E-state index in [2.05, 4.69) is 5.16 Å². The van der Waals surface area contributed by atoms with Crippen molar-refractivity contribution in [2.75, 3.05) is 11.5 Å². The lowest BCUT2D eigenvalue weighted by Gasteiger charge is -2.20. The van der Waals surface area contributed by atoms with Gasteiger partial charge in [-0.05, 0) is 19.3 Å². The summed E-state index contributed by atoms with van der Waals surface area (Å²) in [6.45, 7) is 1.92. The van der Waals surface area contributed by atoms with Gasteiger partial charge in [0.2, 0.25) is 5.88 Å². The van der Waals surface area contributed by atoms with Crippen molar-refractivity contribution < 1.29 is 12.9 Å². The van der Waals surface area contributed by atoms with Crippen LogP contribution in [0.25, 0.3) is 0 Å². The highest BCUT2D eigenvalue weighted by molar-refractivity contribution is 7.91. The van der Waals surface area contributed by atoms with Crippen molar-refractivity contribution in [1.29, 1.82) is 0 Å². The molecule has 0 saturated carbocycles. The number of hydrogen-bond donors (Lipinski definition) is 1. The molecule has 90 valence electrons. The van der Waals surface area contributed by atoms with Crippen LogP contribution in [0.5, 0.6) is 0 Å². The standard InChI is InChI=1S/C10H16N2O3S/c1-2-7-9(12-15-10(7)11)8-5-3-4-6-16(8,13)14/h8H,2-6,11H2,1H3. The number of anilines is 1. The number of rotatable bonds is 2. The summed E-state index contributed by atoms with van der Waals surface area (Å²) in [5, 5.41) is 3.31. The minimum atomic E-state index is -3.07. The average Bonchev–Trinajstić information content (AvgIpc) is 2.58. The summed E-state index contributed by atoms with van der Waals surface area (Å²) in [7, 11) is -3.07. The quantitative estimate of drug-likeness (QED) is 0.851.